The Morgan fingerprint density at radius 2 is 1.95 bits per heavy atom. The van der Waals surface area contributed by atoms with Gasteiger partial charge in [-0.2, -0.15) is 11.8 Å². The normalized spacial score (nSPS) is 26.7. The summed E-state index contributed by atoms with van der Waals surface area (Å²) in [5, 5.41) is 3.84. The molecule has 0 aliphatic carbocycles. The number of thioether (sulfide) groups is 1. The highest BCUT2D eigenvalue weighted by molar-refractivity contribution is 7.99. The Bertz CT molecular complexity index is 447. The van der Waals surface area contributed by atoms with Crippen LogP contribution in [0.1, 0.15) is 49.8 Å². The molecule has 3 heteroatoms. The van der Waals surface area contributed by atoms with Gasteiger partial charge in [-0.3, -0.25) is 0 Å². The zero-order chi connectivity index (χ0) is 14.7. The molecule has 2 heterocycles. The van der Waals surface area contributed by atoms with Gasteiger partial charge in [0.1, 0.15) is 0 Å². The Labute approximate surface area is 133 Å². The lowest BCUT2D eigenvalue weighted by Crippen LogP contribution is -2.49. The molecule has 2 aliphatic heterocycles. The smallest absolute Gasteiger partial charge is 0.0713 e. The van der Waals surface area contributed by atoms with E-state index in [0.29, 0.717) is 12.1 Å². The van der Waals surface area contributed by atoms with Crippen molar-refractivity contribution in [1.82, 2.24) is 5.32 Å². The third kappa shape index (κ3) is 3.82. The summed E-state index contributed by atoms with van der Waals surface area (Å²) in [6.45, 7) is 5.34. The van der Waals surface area contributed by atoms with Crippen molar-refractivity contribution in [2.45, 2.75) is 57.2 Å². The Morgan fingerprint density at radius 3 is 2.67 bits per heavy atom. The van der Waals surface area contributed by atoms with Gasteiger partial charge >= 0.3 is 0 Å². The van der Waals surface area contributed by atoms with Gasteiger partial charge in [0.25, 0.3) is 0 Å². The van der Waals surface area contributed by atoms with Gasteiger partial charge in [-0.1, -0.05) is 29.8 Å². The van der Waals surface area contributed by atoms with E-state index in [1.807, 2.05) is 0 Å². The molecule has 1 spiro atoms. The van der Waals surface area contributed by atoms with Crippen molar-refractivity contribution < 1.29 is 4.74 Å². The molecule has 0 amide bonds. The highest BCUT2D eigenvalue weighted by Gasteiger charge is 2.38. The second-order valence-corrected chi connectivity index (χ2v) is 7.86. The molecular weight excluding hydrogens is 278 g/mol. The maximum atomic E-state index is 6.19. The fourth-order valence-corrected chi connectivity index (χ4v) is 4.80. The van der Waals surface area contributed by atoms with E-state index in [0.717, 1.165) is 13.0 Å². The summed E-state index contributed by atoms with van der Waals surface area (Å²) >= 11 is 2.08. The lowest BCUT2D eigenvalue weighted by atomic mass is 9.85. The molecule has 21 heavy (non-hydrogen) atoms. The van der Waals surface area contributed by atoms with Gasteiger partial charge in [0.2, 0.25) is 0 Å². The number of hydrogen-bond donors (Lipinski definition) is 1. The van der Waals surface area contributed by atoms with E-state index in [-0.39, 0.29) is 5.60 Å². The van der Waals surface area contributed by atoms with Crippen LogP contribution in [-0.4, -0.2) is 29.8 Å². The summed E-state index contributed by atoms with van der Waals surface area (Å²) < 4.78 is 6.19. The number of benzene rings is 1. The first kappa shape index (κ1) is 15.4. The summed E-state index contributed by atoms with van der Waals surface area (Å²) in [5.74, 6) is 2.53. The molecule has 0 saturated carbocycles. The molecule has 0 aromatic heterocycles. The molecule has 2 aliphatic rings. The molecular formula is C18H27NOS. The molecule has 0 bridgehead atoms. The van der Waals surface area contributed by atoms with E-state index in [4.69, 9.17) is 4.74 Å². The lowest BCUT2D eigenvalue weighted by molar-refractivity contribution is -0.0940. The molecule has 1 aromatic carbocycles. The minimum atomic E-state index is 0.175. The van der Waals surface area contributed by atoms with Crippen LogP contribution in [0.3, 0.4) is 0 Å². The summed E-state index contributed by atoms with van der Waals surface area (Å²) in [5.41, 5.74) is 2.89. The minimum absolute atomic E-state index is 0.175. The molecule has 1 unspecified atom stereocenters. The predicted octanol–water partition coefficient (Wildman–Crippen LogP) is 4.09. The predicted molar refractivity (Wildman–Crippen MR) is 91.0 cm³/mol. The van der Waals surface area contributed by atoms with Crippen molar-refractivity contribution in [3.05, 3.63) is 35.4 Å². The SMILES string of the molecule is Cc1ccc([C@H](C)NC2CCOC3(CCSCC3)C2)cc1. The standard InChI is InChI=1S/C18H27NOS/c1-14-3-5-16(6-4-14)15(2)19-17-7-10-20-18(13-17)8-11-21-12-9-18/h3-6,15,17,19H,7-13H2,1-2H3/t15-,17?/m0/s1. The van der Waals surface area contributed by atoms with Gasteiger partial charge in [0, 0.05) is 18.7 Å². The maximum Gasteiger partial charge on any atom is 0.0713 e. The van der Waals surface area contributed by atoms with E-state index in [1.54, 1.807) is 0 Å². The van der Waals surface area contributed by atoms with E-state index >= 15 is 0 Å². The molecule has 116 valence electrons. The van der Waals surface area contributed by atoms with Crippen LogP contribution in [0.15, 0.2) is 24.3 Å². The number of aryl methyl sites for hydroxylation is 1. The van der Waals surface area contributed by atoms with Gasteiger partial charge in [-0.15, -0.1) is 0 Å². The van der Waals surface area contributed by atoms with Gasteiger partial charge in [-0.05, 0) is 56.6 Å². The monoisotopic (exact) mass is 305 g/mol. The molecule has 2 nitrogen and oxygen atoms in total. The zero-order valence-corrected chi connectivity index (χ0v) is 14.0. The molecule has 1 N–H and O–H groups in total. The summed E-state index contributed by atoms with van der Waals surface area (Å²) in [6.07, 6.45) is 4.79. The van der Waals surface area contributed by atoms with Crippen LogP contribution < -0.4 is 5.32 Å². The van der Waals surface area contributed by atoms with Crippen LogP contribution in [-0.2, 0) is 4.74 Å². The fourth-order valence-electron chi connectivity index (χ4n) is 3.57. The van der Waals surface area contributed by atoms with Crippen LogP contribution in [0.4, 0.5) is 0 Å². The average Bonchev–Trinajstić information content (AvgIpc) is 2.49. The summed E-state index contributed by atoms with van der Waals surface area (Å²) in [4.78, 5) is 0. The third-order valence-electron chi connectivity index (χ3n) is 4.96. The van der Waals surface area contributed by atoms with Gasteiger partial charge in [-0.25, -0.2) is 0 Å². The summed E-state index contributed by atoms with van der Waals surface area (Å²) in [6, 6.07) is 9.93. The van der Waals surface area contributed by atoms with Gasteiger partial charge in [0.05, 0.1) is 5.60 Å². The molecule has 2 fully saturated rings. The van der Waals surface area contributed by atoms with Gasteiger partial charge < -0.3 is 10.1 Å². The molecule has 2 atom stereocenters. The quantitative estimate of drug-likeness (QED) is 0.909. The van der Waals surface area contributed by atoms with Crippen molar-refractivity contribution >= 4 is 11.8 Å². The van der Waals surface area contributed by atoms with Crippen molar-refractivity contribution in [1.29, 1.82) is 0 Å². The number of hydrogen-bond acceptors (Lipinski definition) is 3. The first-order chi connectivity index (χ1) is 10.2. The fraction of sp³-hybridized carbons (Fsp3) is 0.667. The lowest BCUT2D eigenvalue weighted by Gasteiger charge is -2.44. The highest BCUT2D eigenvalue weighted by Crippen LogP contribution is 2.38. The first-order valence-electron chi connectivity index (χ1n) is 8.21. The maximum absolute atomic E-state index is 6.19. The first-order valence-corrected chi connectivity index (χ1v) is 9.37. The Morgan fingerprint density at radius 1 is 1.24 bits per heavy atom. The van der Waals surface area contributed by atoms with Crippen molar-refractivity contribution in [2.75, 3.05) is 18.1 Å². The molecule has 3 rings (SSSR count). The van der Waals surface area contributed by atoms with Crippen molar-refractivity contribution in [2.24, 2.45) is 0 Å². The van der Waals surface area contributed by atoms with Crippen LogP contribution in [0.2, 0.25) is 0 Å². The molecule has 1 aromatic rings. The van der Waals surface area contributed by atoms with Crippen LogP contribution >= 0.6 is 11.8 Å². The van der Waals surface area contributed by atoms with E-state index in [9.17, 15) is 0 Å². The van der Waals surface area contributed by atoms with E-state index in [1.165, 1.54) is 41.9 Å². The van der Waals surface area contributed by atoms with Crippen LogP contribution in [0.5, 0.6) is 0 Å². The number of nitrogens with one attached hydrogen (secondary N) is 1. The van der Waals surface area contributed by atoms with Crippen LogP contribution in [0, 0.1) is 6.92 Å². The Kier molecular flexibility index (Phi) is 4.92. The second kappa shape index (κ2) is 6.72. The average molecular weight is 305 g/mol. The van der Waals surface area contributed by atoms with E-state index < -0.39 is 0 Å². The van der Waals surface area contributed by atoms with Crippen molar-refractivity contribution in [3.63, 3.8) is 0 Å². The largest absolute Gasteiger partial charge is 0.375 e. The Balaban J connectivity index is 1.60. The second-order valence-electron chi connectivity index (χ2n) is 6.63. The molecule has 0 radical (unpaired) electrons. The van der Waals surface area contributed by atoms with Crippen molar-refractivity contribution in [3.8, 4) is 0 Å². The zero-order valence-electron chi connectivity index (χ0n) is 13.2. The number of rotatable bonds is 3. The Hall–Kier alpha value is -0.510. The topological polar surface area (TPSA) is 21.3 Å². The highest BCUT2D eigenvalue weighted by atomic mass is 32.2. The molecule has 2 saturated heterocycles. The third-order valence-corrected chi connectivity index (χ3v) is 5.95. The minimum Gasteiger partial charge on any atom is -0.375 e. The summed E-state index contributed by atoms with van der Waals surface area (Å²) in [7, 11) is 0. The van der Waals surface area contributed by atoms with E-state index in [2.05, 4.69) is 55.2 Å². The number of ether oxygens (including phenoxy) is 1. The van der Waals surface area contributed by atoms with Gasteiger partial charge in [0.15, 0.2) is 0 Å². The van der Waals surface area contributed by atoms with Crippen LogP contribution in [0.25, 0.3) is 0 Å².